The van der Waals surface area contributed by atoms with E-state index in [1.54, 1.807) is 13.2 Å². The predicted octanol–water partition coefficient (Wildman–Crippen LogP) is 4.32. The third-order valence-electron chi connectivity index (χ3n) is 7.05. The van der Waals surface area contributed by atoms with E-state index in [0.29, 0.717) is 43.4 Å². The van der Waals surface area contributed by atoms with Gasteiger partial charge < -0.3 is 31.0 Å². The van der Waals surface area contributed by atoms with E-state index in [4.69, 9.17) is 10.1 Å². The molecule has 1 aliphatic carbocycles. The van der Waals surface area contributed by atoms with Gasteiger partial charge in [-0.25, -0.2) is 0 Å². The number of hydrogen-bond acceptors (Lipinski definition) is 6. The number of ether oxygens (including phenoxy) is 1. The van der Waals surface area contributed by atoms with Crippen LogP contribution in [0.5, 0.6) is 0 Å². The molecule has 8 nitrogen and oxygen atoms in total. The van der Waals surface area contributed by atoms with Gasteiger partial charge in [0, 0.05) is 63.3 Å². The summed E-state index contributed by atoms with van der Waals surface area (Å²) in [6.07, 6.45) is 6.81. The predicted molar refractivity (Wildman–Crippen MR) is 148 cm³/mol. The molecule has 1 aliphatic heterocycles. The molecule has 0 radical (unpaired) electrons. The number of rotatable bonds is 11. The van der Waals surface area contributed by atoms with E-state index < -0.39 is 0 Å². The topological polar surface area (TPSA) is 107 Å². The van der Waals surface area contributed by atoms with Gasteiger partial charge in [-0.2, -0.15) is 0 Å². The standard InChI is InChI=1S/C29H37N5O3/c1-31-19-25(18-30)21-5-3-20(4-6-21)22-11-14-34(15-12-22)29(36)24-9-10-26(32-13-16-37-2)27(17-24)33-28(35)23-7-8-23/h3-6,9-10,17-19,22-23,30-32H,7-8,11-16H2,1-2H3,(H,33,35)/b25-19+,30-18?. The third-order valence-corrected chi connectivity index (χ3v) is 7.05. The molecule has 0 aromatic heterocycles. The van der Waals surface area contributed by atoms with Crippen molar-refractivity contribution < 1.29 is 14.3 Å². The summed E-state index contributed by atoms with van der Waals surface area (Å²) in [6, 6.07) is 13.9. The van der Waals surface area contributed by atoms with Crippen LogP contribution in [0, 0.1) is 11.3 Å². The van der Waals surface area contributed by atoms with Crippen molar-refractivity contribution in [2.45, 2.75) is 31.6 Å². The van der Waals surface area contributed by atoms with Crippen LogP contribution in [0.15, 0.2) is 48.7 Å². The van der Waals surface area contributed by atoms with Crippen molar-refractivity contribution in [3.8, 4) is 0 Å². The van der Waals surface area contributed by atoms with E-state index in [1.165, 1.54) is 11.8 Å². The zero-order chi connectivity index (χ0) is 26.2. The first-order valence-electron chi connectivity index (χ1n) is 13.0. The van der Waals surface area contributed by atoms with Crippen LogP contribution in [-0.2, 0) is 9.53 Å². The average molecular weight is 504 g/mol. The maximum absolute atomic E-state index is 13.4. The number of amides is 2. The van der Waals surface area contributed by atoms with Gasteiger partial charge in [0.05, 0.1) is 18.0 Å². The number of piperidine rings is 1. The highest BCUT2D eigenvalue weighted by atomic mass is 16.5. The van der Waals surface area contributed by atoms with Crippen molar-refractivity contribution in [2.24, 2.45) is 5.92 Å². The zero-order valence-electron chi connectivity index (χ0n) is 21.7. The SMILES string of the molecule is CN/C=C(\C=N)c1ccc(C2CCN(C(=O)c3ccc(NCCOC)c(NC(=O)C4CC4)c3)CC2)cc1. The Labute approximate surface area is 219 Å². The van der Waals surface area contributed by atoms with Crippen molar-refractivity contribution >= 4 is 35.0 Å². The Bertz CT molecular complexity index is 1130. The molecular formula is C29H37N5O3. The van der Waals surface area contributed by atoms with Gasteiger partial charge in [-0.05, 0) is 60.9 Å². The molecule has 196 valence electrons. The molecule has 2 aromatic carbocycles. The monoisotopic (exact) mass is 503 g/mol. The molecule has 0 unspecified atom stereocenters. The fourth-order valence-corrected chi connectivity index (χ4v) is 4.71. The number of nitrogens with zero attached hydrogens (tertiary/aromatic N) is 1. The van der Waals surface area contributed by atoms with Crippen molar-refractivity contribution in [2.75, 3.05) is 51.0 Å². The van der Waals surface area contributed by atoms with Gasteiger partial charge in [-0.15, -0.1) is 0 Å². The van der Waals surface area contributed by atoms with Crippen LogP contribution in [0.3, 0.4) is 0 Å². The number of carbonyl (C=O) groups excluding carboxylic acids is 2. The highest BCUT2D eigenvalue weighted by molar-refractivity contribution is 6.08. The fraction of sp³-hybridized carbons (Fsp3) is 0.414. The smallest absolute Gasteiger partial charge is 0.253 e. The summed E-state index contributed by atoms with van der Waals surface area (Å²) < 4.78 is 5.12. The lowest BCUT2D eigenvalue weighted by atomic mass is 9.88. The molecule has 1 saturated carbocycles. The van der Waals surface area contributed by atoms with Crippen molar-refractivity contribution in [3.05, 3.63) is 65.4 Å². The lowest BCUT2D eigenvalue weighted by Gasteiger charge is -2.32. The number of hydrogen-bond donors (Lipinski definition) is 4. The average Bonchev–Trinajstić information content (AvgIpc) is 3.78. The Hall–Kier alpha value is -3.65. The van der Waals surface area contributed by atoms with Gasteiger partial charge in [-0.3, -0.25) is 9.59 Å². The second-order valence-corrected chi connectivity index (χ2v) is 9.66. The van der Waals surface area contributed by atoms with Crippen LogP contribution in [0.1, 0.15) is 53.1 Å². The number of anilines is 2. The number of methoxy groups -OCH3 is 1. The Morgan fingerprint density at radius 1 is 1.03 bits per heavy atom. The molecule has 0 atom stereocenters. The molecule has 2 fully saturated rings. The van der Waals surface area contributed by atoms with E-state index in [0.717, 1.165) is 42.5 Å². The number of nitrogens with one attached hydrogen (secondary N) is 4. The Morgan fingerprint density at radius 2 is 1.73 bits per heavy atom. The molecule has 8 heteroatoms. The molecule has 0 bridgehead atoms. The summed E-state index contributed by atoms with van der Waals surface area (Å²) in [7, 11) is 3.47. The molecule has 1 saturated heterocycles. The normalized spacial score (nSPS) is 16.3. The van der Waals surface area contributed by atoms with Crippen molar-refractivity contribution in [3.63, 3.8) is 0 Å². The van der Waals surface area contributed by atoms with Crippen LogP contribution in [0.25, 0.3) is 5.57 Å². The van der Waals surface area contributed by atoms with Crippen molar-refractivity contribution in [1.82, 2.24) is 10.2 Å². The van der Waals surface area contributed by atoms with Gasteiger partial charge in [0.2, 0.25) is 5.91 Å². The van der Waals surface area contributed by atoms with Crippen LogP contribution >= 0.6 is 0 Å². The lowest BCUT2D eigenvalue weighted by Crippen LogP contribution is -2.38. The highest BCUT2D eigenvalue weighted by Gasteiger charge is 2.30. The zero-order valence-corrected chi connectivity index (χ0v) is 21.7. The molecule has 2 aromatic rings. The second kappa shape index (κ2) is 12.5. The minimum atomic E-state index is -0.00742. The molecule has 4 N–H and O–H groups in total. The van der Waals surface area contributed by atoms with Gasteiger partial charge in [0.25, 0.3) is 5.91 Å². The van der Waals surface area contributed by atoms with Gasteiger partial charge in [0.1, 0.15) is 0 Å². The molecule has 4 rings (SSSR count). The number of carbonyl (C=O) groups is 2. The minimum Gasteiger partial charge on any atom is -0.393 e. The third kappa shape index (κ3) is 6.77. The molecule has 1 heterocycles. The quantitative estimate of drug-likeness (QED) is 0.270. The first-order valence-corrected chi connectivity index (χ1v) is 13.0. The van der Waals surface area contributed by atoms with Gasteiger partial charge in [0.15, 0.2) is 0 Å². The number of likely N-dealkylation sites (tertiary alicyclic amines) is 1. The van der Waals surface area contributed by atoms with Gasteiger partial charge in [-0.1, -0.05) is 24.3 Å². The van der Waals surface area contributed by atoms with E-state index in [2.05, 4.69) is 40.2 Å². The summed E-state index contributed by atoms with van der Waals surface area (Å²) in [4.78, 5) is 27.7. The molecular weight excluding hydrogens is 466 g/mol. The molecule has 37 heavy (non-hydrogen) atoms. The van der Waals surface area contributed by atoms with Gasteiger partial charge >= 0.3 is 0 Å². The van der Waals surface area contributed by atoms with Crippen LogP contribution < -0.4 is 16.0 Å². The first kappa shape index (κ1) is 26.4. The van der Waals surface area contributed by atoms with Crippen LogP contribution in [0.4, 0.5) is 11.4 Å². The largest absolute Gasteiger partial charge is 0.393 e. The fourth-order valence-electron chi connectivity index (χ4n) is 4.71. The Balaban J connectivity index is 1.40. The number of allylic oxidation sites excluding steroid dienone is 1. The maximum atomic E-state index is 13.4. The maximum Gasteiger partial charge on any atom is 0.253 e. The molecule has 0 spiro atoms. The minimum absolute atomic E-state index is 0.00742. The Morgan fingerprint density at radius 3 is 2.35 bits per heavy atom. The van der Waals surface area contributed by atoms with E-state index in [-0.39, 0.29) is 17.7 Å². The van der Waals surface area contributed by atoms with Crippen LogP contribution in [-0.4, -0.2) is 63.3 Å². The molecule has 2 amide bonds. The van der Waals surface area contributed by atoms with E-state index >= 15 is 0 Å². The summed E-state index contributed by atoms with van der Waals surface area (Å²) in [5, 5.41) is 16.9. The number of benzene rings is 2. The second-order valence-electron chi connectivity index (χ2n) is 9.66. The van der Waals surface area contributed by atoms with E-state index in [9.17, 15) is 9.59 Å². The van der Waals surface area contributed by atoms with E-state index in [1.807, 2.05) is 30.3 Å². The summed E-state index contributed by atoms with van der Waals surface area (Å²) in [6.45, 7) is 2.53. The first-order chi connectivity index (χ1) is 18.0. The lowest BCUT2D eigenvalue weighted by molar-refractivity contribution is -0.117. The summed E-state index contributed by atoms with van der Waals surface area (Å²) in [5.74, 6) is 0.485. The Kier molecular flexibility index (Phi) is 8.95. The van der Waals surface area contributed by atoms with Crippen molar-refractivity contribution in [1.29, 1.82) is 5.41 Å². The summed E-state index contributed by atoms with van der Waals surface area (Å²) in [5.41, 5.74) is 5.13. The highest BCUT2D eigenvalue weighted by Crippen LogP contribution is 2.33. The van der Waals surface area contributed by atoms with Crippen LogP contribution in [0.2, 0.25) is 0 Å². The summed E-state index contributed by atoms with van der Waals surface area (Å²) >= 11 is 0. The molecule has 2 aliphatic rings.